The van der Waals surface area contributed by atoms with Crippen LogP contribution in [0.25, 0.3) is 0 Å². The smallest absolute Gasteiger partial charge is 0.227 e. The van der Waals surface area contributed by atoms with Gasteiger partial charge >= 0.3 is 0 Å². The molecule has 170 valence electrons. The van der Waals surface area contributed by atoms with Crippen LogP contribution in [0.15, 0.2) is 17.3 Å². The maximum absolute atomic E-state index is 13.0. The number of nitrogens with zero attached hydrogens (tertiary/aromatic N) is 5. The normalized spacial score (nSPS) is 30.1. The Morgan fingerprint density at radius 3 is 2.72 bits per heavy atom. The number of halogens is 1. The Morgan fingerprint density at radius 1 is 1.19 bits per heavy atom. The van der Waals surface area contributed by atoms with Crippen molar-refractivity contribution < 1.29 is 9.32 Å². The first-order valence-electron chi connectivity index (χ1n) is 11.5. The number of aliphatic hydroxyl groups excluding tert-OH is 1. The second-order valence-electron chi connectivity index (χ2n) is 9.56. The van der Waals surface area contributed by atoms with Gasteiger partial charge in [0.2, 0.25) is 5.95 Å². The quantitative estimate of drug-likeness (QED) is 0.681. The Morgan fingerprint density at radius 2 is 2.00 bits per heavy atom. The van der Waals surface area contributed by atoms with Gasteiger partial charge in [0.25, 0.3) is 0 Å². The van der Waals surface area contributed by atoms with Crippen LogP contribution in [0.4, 0.5) is 11.8 Å². The zero-order valence-corrected chi connectivity index (χ0v) is 19.4. The molecule has 0 aromatic carbocycles. The molecule has 8 nitrogen and oxygen atoms in total. The third-order valence-corrected chi connectivity index (χ3v) is 9.52. The molecule has 2 aliphatic carbocycles. The summed E-state index contributed by atoms with van der Waals surface area (Å²) >= 11 is 5.95. The van der Waals surface area contributed by atoms with Crippen molar-refractivity contribution in [1.29, 1.82) is 0 Å². The second kappa shape index (κ2) is 7.88. The van der Waals surface area contributed by atoms with Crippen LogP contribution < -0.4 is 10.2 Å². The van der Waals surface area contributed by atoms with E-state index in [9.17, 15) is 9.32 Å². The van der Waals surface area contributed by atoms with Gasteiger partial charge in [-0.2, -0.15) is 4.98 Å². The predicted molar refractivity (Wildman–Crippen MR) is 123 cm³/mol. The fourth-order valence-electron chi connectivity index (χ4n) is 5.24. The van der Waals surface area contributed by atoms with E-state index in [0.29, 0.717) is 22.7 Å². The van der Waals surface area contributed by atoms with Gasteiger partial charge in [0, 0.05) is 42.6 Å². The summed E-state index contributed by atoms with van der Waals surface area (Å²) in [5.41, 5.74) is 0.613. The monoisotopic (exact) mass is 474 g/mol. The molecule has 2 aromatic heterocycles. The lowest BCUT2D eigenvalue weighted by Gasteiger charge is -2.41. The van der Waals surface area contributed by atoms with Gasteiger partial charge in [-0.3, -0.25) is 4.21 Å². The fraction of sp³-hybridized carbons (Fsp3) is 0.636. The number of nitrogens with one attached hydrogen (secondary N) is 1. The lowest BCUT2D eigenvalue weighted by Crippen LogP contribution is -2.48. The highest BCUT2D eigenvalue weighted by Crippen LogP contribution is 2.56. The van der Waals surface area contributed by atoms with E-state index in [4.69, 9.17) is 21.6 Å². The summed E-state index contributed by atoms with van der Waals surface area (Å²) in [5.74, 6) is 2.81. The standard InChI is InChI=1S/C22H27ClN6O2S/c23-14-10-24-19(25-11-14)13-3-1-7-29(8-4-13)21-26-17-15-9-16(15)32(31)18(17)20(27-21)28-22(12-30)5-2-6-22/h10-11,13,15-16,30H,1-9,12H2,(H,26,27,28)/t13?,15?,16?,32-/m1/s1. The van der Waals surface area contributed by atoms with E-state index in [0.717, 1.165) is 74.4 Å². The Balaban J connectivity index is 1.28. The number of hydrogen-bond donors (Lipinski definition) is 2. The van der Waals surface area contributed by atoms with Crippen LogP contribution in [-0.2, 0) is 10.8 Å². The van der Waals surface area contributed by atoms with E-state index in [2.05, 4.69) is 20.2 Å². The first-order chi connectivity index (χ1) is 15.6. The van der Waals surface area contributed by atoms with E-state index in [1.807, 2.05) is 0 Å². The van der Waals surface area contributed by atoms with Crippen LogP contribution in [0, 0.1) is 0 Å². The number of fused-ring (bicyclic) bond motifs is 3. The molecule has 2 N–H and O–H groups in total. The maximum atomic E-state index is 13.0. The molecular formula is C22H27ClN6O2S. The molecule has 4 heterocycles. The highest BCUT2D eigenvalue weighted by molar-refractivity contribution is 7.86. The van der Waals surface area contributed by atoms with E-state index in [1.165, 1.54) is 0 Å². The summed E-state index contributed by atoms with van der Waals surface area (Å²) in [6.45, 7) is 1.74. The molecule has 10 heteroatoms. The number of aliphatic hydroxyl groups is 1. The minimum atomic E-state index is -1.06. The van der Waals surface area contributed by atoms with Crippen molar-refractivity contribution in [3.8, 4) is 0 Å². The number of hydrogen-bond acceptors (Lipinski definition) is 8. The average molecular weight is 475 g/mol. The SMILES string of the molecule is O=[S@]1c2c(NC3(CO)CCC3)nc(N3CCCC(c4ncc(Cl)cn4)CC3)nc2C2CC21. The molecule has 2 saturated carbocycles. The van der Waals surface area contributed by atoms with Crippen molar-refractivity contribution in [2.75, 3.05) is 29.9 Å². The minimum Gasteiger partial charge on any atom is -0.394 e. The molecule has 0 bridgehead atoms. The summed E-state index contributed by atoms with van der Waals surface area (Å²) in [6, 6.07) is 0. The molecule has 2 aromatic rings. The van der Waals surface area contributed by atoms with Gasteiger partial charge in [-0.05, 0) is 44.9 Å². The van der Waals surface area contributed by atoms with E-state index in [1.54, 1.807) is 12.4 Å². The van der Waals surface area contributed by atoms with E-state index in [-0.39, 0.29) is 23.3 Å². The van der Waals surface area contributed by atoms with Crippen molar-refractivity contribution in [1.82, 2.24) is 19.9 Å². The van der Waals surface area contributed by atoms with Crippen molar-refractivity contribution in [2.45, 2.75) is 72.5 Å². The van der Waals surface area contributed by atoms with Gasteiger partial charge in [-0.1, -0.05) is 11.6 Å². The first kappa shape index (κ1) is 20.7. The number of anilines is 2. The molecular weight excluding hydrogens is 448 g/mol. The van der Waals surface area contributed by atoms with Crippen LogP contribution in [0.3, 0.4) is 0 Å². The molecule has 3 unspecified atom stereocenters. The van der Waals surface area contributed by atoms with E-state index < -0.39 is 10.8 Å². The number of aromatic nitrogens is 4. The summed E-state index contributed by atoms with van der Waals surface area (Å²) in [7, 11) is -1.06. The summed E-state index contributed by atoms with van der Waals surface area (Å²) < 4.78 is 13.0. The molecule has 6 rings (SSSR count). The molecule has 4 aliphatic rings. The molecule has 3 fully saturated rings. The van der Waals surface area contributed by atoms with Gasteiger partial charge in [0.05, 0.1) is 33.7 Å². The molecule has 2 aliphatic heterocycles. The van der Waals surface area contributed by atoms with Gasteiger partial charge < -0.3 is 15.3 Å². The van der Waals surface area contributed by atoms with Gasteiger partial charge in [0.15, 0.2) is 0 Å². The number of rotatable bonds is 5. The third kappa shape index (κ3) is 3.49. The van der Waals surface area contributed by atoms with Gasteiger partial charge in [-0.25, -0.2) is 15.0 Å². The zero-order valence-electron chi connectivity index (χ0n) is 17.8. The van der Waals surface area contributed by atoms with Crippen LogP contribution in [0.5, 0.6) is 0 Å². The Labute approximate surface area is 194 Å². The fourth-order valence-corrected chi connectivity index (χ4v) is 7.14. The second-order valence-corrected chi connectivity index (χ2v) is 11.6. The van der Waals surface area contributed by atoms with Gasteiger partial charge in [-0.15, -0.1) is 0 Å². The maximum Gasteiger partial charge on any atom is 0.227 e. The van der Waals surface area contributed by atoms with Crippen molar-refractivity contribution >= 4 is 34.2 Å². The third-order valence-electron chi connectivity index (χ3n) is 7.45. The van der Waals surface area contributed by atoms with Crippen LogP contribution in [0.2, 0.25) is 5.02 Å². The summed E-state index contributed by atoms with van der Waals surface area (Å²) in [5, 5.41) is 14.2. The lowest BCUT2D eigenvalue weighted by atomic mass is 9.77. The molecule has 0 radical (unpaired) electrons. The van der Waals surface area contributed by atoms with E-state index >= 15 is 0 Å². The summed E-state index contributed by atoms with van der Waals surface area (Å²) in [4.78, 5) is 21.7. The Hall–Kier alpha value is -1.84. The van der Waals surface area contributed by atoms with Crippen molar-refractivity contribution in [3.05, 3.63) is 28.9 Å². The predicted octanol–water partition coefficient (Wildman–Crippen LogP) is 3.00. The Kier molecular flexibility index (Phi) is 5.11. The van der Waals surface area contributed by atoms with Crippen molar-refractivity contribution in [2.24, 2.45) is 0 Å². The van der Waals surface area contributed by atoms with Crippen LogP contribution >= 0.6 is 11.6 Å². The molecule has 0 spiro atoms. The Bertz CT molecular complexity index is 1060. The highest BCUT2D eigenvalue weighted by Gasteiger charge is 2.54. The minimum absolute atomic E-state index is 0.0626. The topological polar surface area (TPSA) is 104 Å². The molecule has 32 heavy (non-hydrogen) atoms. The van der Waals surface area contributed by atoms with Crippen LogP contribution in [0.1, 0.15) is 68.3 Å². The largest absolute Gasteiger partial charge is 0.394 e. The van der Waals surface area contributed by atoms with Crippen LogP contribution in [-0.4, -0.2) is 59.7 Å². The first-order valence-corrected chi connectivity index (χ1v) is 13.1. The van der Waals surface area contributed by atoms with Gasteiger partial charge in [0.1, 0.15) is 16.5 Å². The highest BCUT2D eigenvalue weighted by atomic mass is 35.5. The zero-order chi connectivity index (χ0) is 21.9. The molecule has 1 saturated heterocycles. The lowest BCUT2D eigenvalue weighted by molar-refractivity contribution is 0.143. The van der Waals surface area contributed by atoms with Crippen molar-refractivity contribution in [3.63, 3.8) is 0 Å². The molecule has 4 atom stereocenters. The summed E-state index contributed by atoms with van der Waals surface area (Å²) in [6.07, 6.45) is 10.1. The molecule has 0 amide bonds. The average Bonchev–Trinajstić information content (AvgIpc) is 3.56.